The van der Waals surface area contributed by atoms with Gasteiger partial charge in [-0.25, -0.2) is 0 Å². The highest BCUT2D eigenvalue weighted by atomic mass is 19.3. The Kier molecular flexibility index (Phi) is 4.65. The summed E-state index contributed by atoms with van der Waals surface area (Å²) >= 11 is 0. The number of alkyl halides is 2. The van der Waals surface area contributed by atoms with Crippen LogP contribution < -0.4 is 9.47 Å². The maximum Gasteiger partial charge on any atom is 0.387 e. The van der Waals surface area contributed by atoms with Crippen molar-refractivity contribution in [2.24, 2.45) is 0 Å². The van der Waals surface area contributed by atoms with Gasteiger partial charge in [-0.3, -0.25) is 0 Å². The van der Waals surface area contributed by atoms with Crippen LogP contribution in [0.5, 0.6) is 11.5 Å². The van der Waals surface area contributed by atoms with E-state index in [0.717, 1.165) is 30.3 Å². The van der Waals surface area contributed by atoms with Crippen LogP contribution in [0.25, 0.3) is 22.3 Å². The first kappa shape index (κ1) is 17.7. The SMILES string of the molecule is COCOc1cc(OC(F)F)cc(C)c1-c1cc2c3c([nH]c2nn1)CCC3. The summed E-state index contributed by atoms with van der Waals surface area (Å²) in [6.45, 7) is -1.15. The average Bonchev–Trinajstić information content (AvgIpc) is 3.20. The van der Waals surface area contributed by atoms with E-state index in [1.54, 1.807) is 6.92 Å². The van der Waals surface area contributed by atoms with Crippen LogP contribution in [-0.2, 0) is 17.6 Å². The van der Waals surface area contributed by atoms with Crippen molar-refractivity contribution in [3.05, 3.63) is 35.0 Å². The van der Waals surface area contributed by atoms with Gasteiger partial charge in [0.15, 0.2) is 12.4 Å². The van der Waals surface area contributed by atoms with E-state index in [0.29, 0.717) is 22.6 Å². The van der Waals surface area contributed by atoms with Crippen LogP contribution in [0.15, 0.2) is 18.2 Å². The molecule has 142 valence electrons. The van der Waals surface area contributed by atoms with Crippen LogP contribution >= 0.6 is 0 Å². The Morgan fingerprint density at radius 2 is 2.04 bits per heavy atom. The van der Waals surface area contributed by atoms with Crippen molar-refractivity contribution >= 4 is 11.0 Å². The molecule has 0 saturated heterocycles. The molecule has 2 aromatic heterocycles. The minimum atomic E-state index is -2.91. The van der Waals surface area contributed by atoms with E-state index in [4.69, 9.17) is 9.47 Å². The molecule has 2 heterocycles. The molecule has 0 bridgehead atoms. The van der Waals surface area contributed by atoms with E-state index in [1.807, 2.05) is 6.07 Å². The van der Waals surface area contributed by atoms with Crippen LogP contribution in [0.3, 0.4) is 0 Å². The number of aryl methyl sites for hydroxylation is 3. The highest BCUT2D eigenvalue weighted by Crippen LogP contribution is 2.38. The molecule has 0 saturated carbocycles. The number of rotatable bonds is 6. The highest BCUT2D eigenvalue weighted by molar-refractivity contribution is 5.86. The molecular formula is C19H19F2N3O3. The van der Waals surface area contributed by atoms with Crippen molar-refractivity contribution in [3.8, 4) is 22.8 Å². The number of nitrogens with one attached hydrogen (secondary N) is 1. The van der Waals surface area contributed by atoms with E-state index < -0.39 is 6.61 Å². The van der Waals surface area contributed by atoms with Gasteiger partial charge in [0.05, 0.1) is 5.69 Å². The second kappa shape index (κ2) is 7.11. The number of aromatic amines is 1. The second-order valence-corrected chi connectivity index (χ2v) is 6.47. The fraction of sp³-hybridized carbons (Fsp3) is 0.368. The molecule has 0 fully saturated rings. The first-order valence-corrected chi connectivity index (χ1v) is 8.65. The topological polar surface area (TPSA) is 69.3 Å². The summed E-state index contributed by atoms with van der Waals surface area (Å²) in [5, 5.41) is 9.67. The Bertz CT molecular complexity index is 988. The van der Waals surface area contributed by atoms with Crippen molar-refractivity contribution in [1.82, 2.24) is 15.2 Å². The largest absolute Gasteiger partial charge is 0.467 e. The van der Waals surface area contributed by atoms with Gasteiger partial charge in [-0.15, -0.1) is 10.2 Å². The number of nitrogens with zero attached hydrogens (tertiary/aromatic N) is 2. The number of H-pyrrole nitrogens is 1. The molecule has 1 aliphatic rings. The third-order valence-electron chi connectivity index (χ3n) is 4.69. The lowest BCUT2D eigenvalue weighted by Gasteiger charge is -2.15. The number of aromatic nitrogens is 3. The Labute approximate surface area is 154 Å². The lowest BCUT2D eigenvalue weighted by molar-refractivity contribution is -0.0500. The maximum atomic E-state index is 12.6. The Hall–Kier alpha value is -2.74. The molecule has 0 radical (unpaired) electrons. The van der Waals surface area contributed by atoms with Crippen molar-refractivity contribution in [2.45, 2.75) is 32.8 Å². The molecule has 27 heavy (non-hydrogen) atoms. The van der Waals surface area contributed by atoms with Crippen molar-refractivity contribution in [1.29, 1.82) is 0 Å². The number of hydrogen-bond acceptors (Lipinski definition) is 5. The van der Waals surface area contributed by atoms with Gasteiger partial charge >= 0.3 is 6.61 Å². The number of hydrogen-bond donors (Lipinski definition) is 1. The minimum Gasteiger partial charge on any atom is -0.467 e. The molecule has 8 heteroatoms. The van der Waals surface area contributed by atoms with E-state index in [2.05, 4.69) is 19.9 Å². The monoisotopic (exact) mass is 375 g/mol. The predicted octanol–water partition coefficient (Wildman–Crippen LogP) is 4.01. The molecule has 1 aromatic carbocycles. The summed E-state index contributed by atoms with van der Waals surface area (Å²) in [5.74, 6) is 0.377. The highest BCUT2D eigenvalue weighted by Gasteiger charge is 2.21. The molecule has 0 amide bonds. The molecule has 4 rings (SSSR count). The van der Waals surface area contributed by atoms with E-state index in [9.17, 15) is 8.78 Å². The minimum absolute atomic E-state index is 0.0222. The Balaban J connectivity index is 1.82. The van der Waals surface area contributed by atoms with Gasteiger partial charge in [-0.2, -0.15) is 8.78 Å². The van der Waals surface area contributed by atoms with Gasteiger partial charge in [0.25, 0.3) is 0 Å². The molecule has 1 N–H and O–H groups in total. The van der Waals surface area contributed by atoms with Gasteiger partial charge < -0.3 is 19.2 Å². The fourth-order valence-corrected chi connectivity index (χ4v) is 3.62. The molecule has 6 nitrogen and oxygen atoms in total. The van der Waals surface area contributed by atoms with Crippen molar-refractivity contribution in [2.75, 3.05) is 13.9 Å². The van der Waals surface area contributed by atoms with Crippen molar-refractivity contribution < 1.29 is 23.0 Å². The normalized spacial score (nSPS) is 13.4. The molecule has 3 aromatic rings. The molecule has 1 aliphatic carbocycles. The van der Waals surface area contributed by atoms with Gasteiger partial charge in [-0.1, -0.05) is 0 Å². The number of benzene rings is 1. The zero-order valence-electron chi connectivity index (χ0n) is 15.0. The molecule has 0 unspecified atom stereocenters. The summed E-state index contributed by atoms with van der Waals surface area (Å²) in [5.41, 5.74) is 5.23. The fourth-order valence-electron chi connectivity index (χ4n) is 3.62. The summed E-state index contributed by atoms with van der Waals surface area (Å²) in [6, 6.07) is 4.92. The van der Waals surface area contributed by atoms with Gasteiger partial charge in [0, 0.05) is 29.8 Å². The third-order valence-corrected chi connectivity index (χ3v) is 4.69. The molecule has 0 spiro atoms. The van der Waals surface area contributed by atoms with E-state index in [1.165, 1.54) is 30.5 Å². The number of ether oxygens (including phenoxy) is 3. The van der Waals surface area contributed by atoms with Crippen molar-refractivity contribution in [3.63, 3.8) is 0 Å². The lowest BCUT2D eigenvalue weighted by Crippen LogP contribution is -2.06. The summed E-state index contributed by atoms with van der Waals surface area (Å²) in [7, 11) is 1.49. The summed E-state index contributed by atoms with van der Waals surface area (Å²) in [4.78, 5) is 3.32. The number of fused-ring (bicyclic) bond motifs is 3. The summed E-state index contributed by atoms with van der Waals surface area (Å²) < 4.78 is 40.3. The van der Waals surface area contributed by atoms with Crippen LogP contribution in [0.1, 0.15) is 23.2 Å². The second-order valence-electron chi connectivity index (χ2n) is 6.47. The van der Waals surface area contributed by atoms with Gasteiger partial charge in [-0.05, 0) is 49.4 Å². The lowest BCUT2D eigenvalue weighted by atomic mass is 10.0. The first-order chi connectivity index (χ1) is 13.1. The van der Waals surface area contributed by atoms with E-state index >= 15 is 0 Å². The summed E-state index contributed by atoms with van der Waals surface area (Å²) in [6.07, 6.45) is 3.14. The molecular weight excluding hydrogens is 356 g/mol. The quantitative estimate of drug-likeness (QED) is 0.660. The Morgan fingerprint density at radius 3 is 2.81 bits per heavy atom. The number of halogens is 2. The van der Waals surface area contributed by atoms with Gasteiger partial charge in [0.1, 0.15) is 11.5 Å². The first-order valence-electron chi connectivity index (χ1n) is 8.65. The third kappa shape index (κ3) is 3.32. The zero-order chi connectivity index (χ0) is 19.0. The van der Waals surface area contributed by atoms with Crippen LogP contribution in [0.2, 0.25) is 0 Å². The van der Waals surface area contributed by atoms with Crippen LogP contribution in [0, 0.1) is 6.92 Å². The standard InChI is InChI=1S/C19H19F2N3O3/c1-10-6-11(27-19(20)21)7-16(26-9-25-2)17(10)15-8-13-12-4-3-5-14(12)22-18(13)24-23-15/h6-8,19H,3-5,9H2,1-2H3,(H,22,24). The molecule has 0 atom stereocenters. The smallest absolute Gasteiger partial charge is 0.387 e. The Morgan fingerprint density at radius 1 is 1.19 bits per heavy atom. The molecule has 0 aliphatic heterocycles. The number of methoxy groups -OCH3 is 1. The van der Waals surface area contributed by atoms with Crippen LogP contribution in [0.4, 0.5) is 8.78 Å². The van der Waals surface area contributed by atoms with Gasteiger partial charge in [0.2, 0.25) is 0 Å². The predicted molar refractivity (Wildman–Crippen MR) is 95.2 cm³/mol. The van der Waals surface area contributed by atoms with Crippen LogP contribution in [-0.4, -0.2) is 35.7 Å². The maximum absolute atomic E-state index is 12.6. The zero-order valence-corrected chi connectivity index (χ0v) is 15.0. The average molecular weight is 375 g/mol. The van der Waals surface area contributed by atoms with E-state index in [-0.39, 0.29) is 12.5 Å².